The summed E-state index contributed by atoms with van der Waals surface area (Å²) in [5.74, 6) is 0. The maximum atomic E-state index is 5.49. The molecule has 2 fully saturated rings. The molecule has 0 aliphatic carbocycles. The smallest absolute Gasteiger partial charge is 0.159 e. The van der Waals surface area contributed by atoms with Crippen LogP contribution in [0.4, 0.5) is 5.69 Å². The molecule has 0 atom stereocenters. The molecule has 0 amide bonds. The van der Waals surface area contributed by atoms with Crippen molar-refractivity contribution in [3.8, 4) is 0 Å². The largest absolute Gasteiger partial charge is 0.369 e. The number of aryl methyl sites for hydroxylation is 1. The van der Waals surface area contributed by atoms with Gasteiger partial charge in [-0.15, -0.1) is 0 Å². The van der Waals surface area contributed by atoms with Crippen LogP contribution in [0.3, 0.4) is 0 Å². The van der Waals surface area contributed by atoms with E-state index in [9.17, 15) is 0 Å². The minimum absolute atomic E-state index is 0.0322. The molecule has 2 saturated heterocycles. The summed E-state index contributed by atoms with van der Waals surface area (Å²) in [6.45, 7) is 9.21. The molecule has 0 spiro atoms. The molecule has 0 unspecified atom stereocenters. The Labute approximate surface area is 121 Å². The van der Waals surface area contributed by atoms with E-state index >= 15 is 0 Å². The molecule has 2 heterocycles. The van der Waals surface area contributed by atoms with Gasteiger partial charge in [-0.05, 0) is 24.6 Å². The van der Waals surface area contributed by atoms with E-state index in [0.717, 1.165) is 52.4 Å². The zero-order valence-corrected chi connectivity index (χ0v) is 12.3. The molecule has 4 nitrogen and oxygen atoms in total. The molecule has 1 aromatic rings. The van der Waals surface area contributed by atoms with Crippen molar-refractivity contribution in [2.75, 3.05) is 50.8 Å². The quantitative estimate of drug-likeness (QED) is 0.838. The van der Waals surface area contributed by atoms with E-state index in [1.54, 1.807) is 0 Å². The van der Waals surface area contributed by atoms with Crippen LogP contribution in [0.15, 0.2) is 24.3 Å². The number of piperazine rings is 1. The fraction of sp³-hybridized carbons (Fsp3) is 0.625. The highest BCUT2D eigenvalue weighted by Gasteiger charge is 2.20. The van der Waals surface area contributed by atoms with Crippen LogP contribution in [-0.2, 0) is 9.47 Å². The van der Waals surface area contributed by atoms with Crippen LogP contribution in [0.25, 0.3) is 0 Å². The highest BCUT2D eigenvalue weighted by Crippen LogP contribution is 2.18. The van der Waals surface area contributed by atoms with Crippen molar-refractivity contribution in [3.05, 3.63) is 29.8 Å². The zero-order chi connectivity index (χ0) is 13.8. The zero-order valence-electron chi connectivity index (χ0n) is 12.3. The predicted octanol–water partition coefficient (Wildman–Crippen LogP) is 1.88. The van der Waals surface area contributed by atoms with Crippen molar-refractivity contribution in [1.82, 2.24) is 4.90 Å². The summed E-state index contributed by atoms with van der Waals surface area (Å²) < 4.78 is 11.0. The SMILES string of the molecule is Cc1cccc(N2CCN(CCC3OCCO3)CC2)c1. The van der Waals surface area contributed by atoms with Gasteiger partial charge in [0, 0.05) is 44.8 Å². The van der Waals surface area contributed by atoms with Gasteiger partial charge in [0.25, 0.3) is 0 Å². The Morgan fingerprint density at radius 1 is 1.10 bits per heavy atom. The number of hydrogen-bond donors (Lipinski definition) is 0. The second-order valence-electron chi connectivity index (χ2n) is 5.63. The molecule has 0 aromatic heterocycles. The molecule has 110 valence electrons. The number of benzene rings is 1. The summed E-state index contributed by atoms with van der Waals surface area (Å²) in [7, 11) is 0. The third kappa shape index (κ3) is 3.51. The monoisotopic (exact) mass is 276 g/mol. The van der Waals surface area contributed by atoms with Crippen molar-refractivity contribution in [3.63, 3.8) is 0 Å². The van der Waals surface area contributed by atoms with Crippen LogP contribution in [0.5, 0.6) is 0 Å². The summed E-state index contributed by atoms with van der Waals surface area (Å²) in [4.78, 5) is 4.99. The Kier molecular flexibility index (Phi) is 4.55. The van der Waals surface area contributed by atoms with Gasteiger partial charge in [-0.3, -0.25) is 4.90 Å². The van der Waals surface area contributed by atoms with Gasteiger partial charge in [0.05, 0.1) is 13.2 Å². The molecule has 0 bridgehead atoms. The van der Waals surface area contributed by atoms with Crippen molar-refractivity contribution in [2.45, 2.75) is 19.6 Å². The molecule has 2 aliphatic heterocycles. The average Bonchev–Trinajstić information content (AvgIpc) is 2.99. The first-order valence-corrected chi connectivity index (χ1v) is 7.58. The van der Waals surface area contributed by atoms with Crippen LogP contribution < -0.4 is 4.90 Å². The molecule has 4 heteroatoms. The van der Waals surface area contributed by atoms with Crippen molar-refractivity contribution < 1.29 is 9.47 Å². The van der Waals surface area contributed by atoms with Crippen LogP contribution >= 0.6 is 0 Å². The van der Waals surface area contributed by atoms with Crippen molar-refractivity contribution in [1.29, 1.82) is 0 Å². The third-order valence-electron chi connectivity index (χ3n) is 4.11. The van der Waals surface area contributed by atoms with Crippen molar-refractivity contribution >= 4 is 5.69 Å². The van der Waals surface area contributed by atoms with Gasteiger partial charge in [-0.2, -0.15) is 0 Å². The minimum Gasteiger partial charge on any atom is -0.369 e. The van der Waals surface area contributed by atoms with Crippen molar-refractivity contribution in [2.24, 2.45) is 0 Å². The molecular formula is C16H24N2O2. The Morgan fingerprint density at radius 2 is 1.85 bits per heavy atom. The minimum atomic E-state index is 0.0322. The normalized spacial score (nSPS) is 21.6. The van der Waals surface area contributed by atoms with E-state index in [1.807, 2.05) is 0 Å². The first-order chi connectivity index (χ1) is 9.81. The Bertz CT molecular complexity index is 424. The lowest BCUT2D eigenvalue weighted by molar-refractivity contribution is -0.0516. The number of rotatable bonds is 4. The average molecular weight is 276 g/mol. The lowest BCUT2D eigenvalue weighted by atomic mass is 10.2. The fourth-order valence-corrected chi connectivity index (χ4v) is 2.92. The number of anilines is 1. The van der Waals surface area contributed by atoms with Crippen LogP contribution in [0, 0.1) is 6.92 Å². The molecule has 0 saturated carbocycles. The van der Waals surface area contributed by atoms with Crippen LogP contribution in [0.1, 0.15) is 12.0 Å². The Morgan fingerprint density at radius 3 is 2.55 bits per heavy atom. The highest BCUT2D eigenvalue weighted by atomic mass is 16.7. The van der Waals surface area contributed by atoms with E-state index in [2.05, 4.69) is 41.0 Å². The maximum absolute atomic E-state index is 5.49. The standard InChI is InChI=1S/C16H24N2O2/c1-14-3-2-4-15(13-14)18-9-7-17(8-10-18)6-5-16-19-11-12-20-16/h2-4,13,16H,5-12H2,1H3. The topological polar surface area (TPSA) is 24.9 Å². The lowest BCUT2D eigenvalue weighted by Gasteiger charge is -2.36. The van der Waals surface area contributed by atoms with E-state index in [1.165, 1.54) is 11.3 Å². The first-order valence-electron chi connectivity index (χ1n) is 7.58. The van der Waals surface area contributed by atoms with E-state index in [-0.39, 0.29) is 6.29 Å². The van der Waals surface area contributed by atoms with Gasteiger partial charge in [-0.1, -0.05) is 12.1 Å². The number of ether oxygens (including phenoxy) is 2. The molecular weight excluding hydrogens is 252 g/mol. The Balaban J connectivity index is 1.44. The second-order valence-corrected chi connectivity index (χ2v) is 5.63. The first kappa shape index (κ1) is 13.9. The summed E-state index contributed by atoms with van der Waals surface area (Å²) in [6, 6.07) is 8.78. The van der Waals surface area contributed by atoms with Gasteiger partial charge in [0.1, 0.15) is 0 Å². The summed E-state index contributed by atoms with van der Waals surface area (Å²) >= 11 is 0. The predicted molar refractivity (Wildman–Crippen MR) is 80.1 cm³/mol. The fourth-order valence-electron chi connectivity index (χ4n) is 2.92. The lowest BCUT2D eigenvalue weighted by Crippen LogP contribution is -2.47. The van der Waals surface area contributed by atoms with Gasteiger partial charge in [0.2, 0.25) is 0 Å². The number of hydrogen-bond acceptors (Lipinski definition) is 4. The third-order valence-corrected chi connectivity index (χ3v) is 4.11. The summed E-state index contributed by atoms with van der Waals surface area (Å²) in [5, 5.41) is 0. The van der Waals surface area contributed by atoms with Gasteiger partial charge in [-0.25, -0.2) is 0 Å². The molecule has 20 heavy (non-hydrogen) atoms. The van der Waals surface area contributed by atoms with Gasteiger partial charge in [0.15, 0.2) is 6.29 Å². The summed E-state index contributed by atoms with van der Waals surface area (Å²) in [6.07, 6.45) is 1.02. The van der Waals surface area contributed by atoms with E-state index < -0.39 is 0 Å². The molecule has 2 aliphatic rings. The van der Waals surface area contributed by atoms with Crippen LogP contribution in [-0.4, -0.2) is 57.1 Å². The summed E-state index contributed by atoms with van der Waals surface area (Å²) in [5.41, 5.74) is 2.69. The van der Waals surface area contributed by atoms with E-state index in [4.69, 9.17) is 9.47 Å². The van der Waals surface area contributed by atoms with E-state index in [0.29, 0.717) is 0 Å². The van der Waals surface area contributed by atoms with Crippen LogP contribution in [0.2, 0.25) is 0 Å². The highest BCUT2D eigenvalue weighted by molar-refractivity contribution is 5.48. The molecule has 3 rings (SSSR count). The maximum Gasteiger partial charge on any atom is 0.159 e. The molecule has 0 radical (unpaired) electrons. The second kappa shape index (κ2) is 6.57. The van der Waals surface area contributed by atoms with Gasteiger partial charge < -0.3 is 14.4 Å². The Hall–Kier alpha value is -1.10. The number of nitrogens with zero attached hydrogens (tertiary/aromatic N) is 2. The van der Waals surface area contributed by atoms with Gasteiger partial charge >= 0.3 is 0 Å². The molecule has 0 N–H and O–H groups in total. The molecule has 1 aromatic carbocycles.